The molecule has 0 fully saturated rings. The lowest BCUT2D eigenvalue weighted by Crippen LogP contribution is -2.21. The number of carbonyl (C=O) groups excluding carboxylic acids is 1. The second kappa shape index (κ2) is 8.68. The minimum Gasteiger partial charge on any atom is -0.491 e. The molecule has 112 valence electrons. The molecule has 7 heteroatoms. The van der Waals surface area contributed by atoms with E-state index in [1.165, 1.54) is 0 Å². The Hall–Kier alpha value is -1.44. The second-order valence-corrected chi connectivity index (χ2v) is 5.80. The number of carbonyl (C=O) groups is 1. The minimum atomic E-state index is -0.981. The standard InChI is InChI=1S/C13H19NO5S/c1-20(18)7-6-13(17)14-10-2-4-12(5-3-10)19-9-11(16)8-15/h2-5,11,15-16H,6-9H2,1H3,(H,14,17). The van der Waals surface area contributed by atoms with Gasteiger partial charge in [-0.15, -0.1) is 0 Å². The van der Waals surface area contributed by atoms with Gasteiger partial charge in [0.25, 0.3) is 0 Å². The highest BCUT2D eigenvalue weighted by Crippen LogP contribution is 2.16. The smallest absolute Gasteiger partial charge is 0.225 e. The molecule has 0 saturated carbocycles. The van der Waals surface area contributed by atoms with Crippen LogP contribution in [0, 0.1) is 0 Å². The summed E-state index contributed by atoms with van der Waals surface area (Å²) in [5.41, 5.74) is 0.618. The zero-order chi connectivity index (χ0) is 15.0. The highest BCUT2D eigenvalue weighted by atomic mass is 32.2. The molecule has 0 heterocycles. The van der Waals surface area contributed by atoms with Crippen LogP contribution in [-0.2, 0) is 15.6 Å². The fourth-order valence-electron chi connectivity index (χ4n) is 1.34. The van der Waals surface area contributed by atoms with Crippen molar-refractivity contribution in [2.45, 2.75) is 12.5 Å². The molecule has 0 aliphatic rings. The summed E-state index contributed by atoms with van der Waals surface area (Å²) in [7, 11) is -0.981. The van der Waals surface area contributed by atoms with Gasteiger partial charge in [0.15, 0.2) is 0 Å². The van der Waals surface area contributed by atoms with Crippen LogP contribution in [0.4, 0.5) is 5.69 Å². The Balaban J connectivity index is 2.42. The number of aliphatic hydroxyl groups excluding tert-OH is 2. The van der Waals surface area contributed by atoms with Crippen molar-refractivity contribution in [1.82, 2.24) is 0 Å². The van der Waals surface area contributed by atoms with E-state index in [0.717, 1.165) is 0 Å². The molecule has 6 nitrogen and oxygen atoms in total. The minimum absolute atomic E-state index is 0.00448. The maximum atomic E-state index is 11.5. The largest absolute Gasteiger partial charge is 0.491 e. The number of nitrogens with one attached hydrogen (secondary N) is 1. The van der Waals surface area contributed by atoms with Gasteiger partial charge < -0.3 is 20.3 Å². The van der Waals surface area contributed by atoms with Crippen molar-refractivity contribution in [3.8, 4) is 5.75 Å². The molecule has 2 atom stereocenters. The molecule has 1 aromatic carbocycles. The van der Waals surface area contributed by atoms with Gasteiger partial charge in [0.1, 0.15) is 18.5 Å². The van der Waals surface area contributed by atoms with Gasteiger partial charge in [-0.1, -0.05) is 0 Å². The summed E-state index contributed by atoms with van der Waals surface area (Å²) in [5.74, 6) is 0.682. The zero-order valence-corrected chi connectivity index (χ0v) is 12.1. The number of anilines is 1. The van der Waals surface area contributed by atoms with Crippen molar-refractivity contribution in [2.75, 3.05) is 30.5 Å². The van der Waals surface area contributed by atoms with Crippen molar-refractivity contribution < 1.29 is 24.0 Å². The maximum Gasteiger partial charge on any atom is 0.225 e. The molecule has 0 bridgehead atoms. The van der Waals surface area contributed by atoms with Crippen LogP contribution in [0.2, 0.25) is 0 Å². The molecule has 3 N–H and O–H groups in total. The van der Waals surface area contributed by atoms with Crippen LogP contribution >= 0.6 is 0 Å². The summed E-state index contributed by atoms with van der Waals surface area (Å²) in [6.45, 7) is -0.350. The van der Waals surface area contributed by atoms with Gasteiger partial charge in [-0.05, 0) is 24.3 Å². The van der Waals surface area contributed by atoms with Crippen molar-refractivity contribution in [1.29, 1.82) is 0 Å². The molecule has 0 saturated heterocycles. The monoisotopic (exact) mass is 301 g/mol. The molecular weight excluding hydrogens is 282 g/mol. The average molecular weight is 301 g/mol. The molecule has 0 aliphatic heterocycles. The lowest BCUT2D eigenvalue weighted by atomic mass is 10.3. The highest BCUT2D eigenvalue weighted by molar-refractivity contribution is 7.84. The van der Waals surface area contributed by atoms with Gasteiger partial charge in [0.05, 0.1) is 6.61 Å². The first-order valence-electron chi connectivity index (χ1n) is 6.13. The predicted molar refractivity (Wildman–Crippen MR) is 77.2 cm³/mol. The van der Waals surface area contributed by atoms with Crippen molar-refractivity contribution in [3.63, 3.8) is 0 Å². The third-order valence-electron chi connectivity index (χ3n) is 2.41. The van der Waals surface area contributed by atoms with E-state index in [2.05, 4.69) is 5.32 Å². The third-order valence-corrected chi connectivity index (χ3v) is 3.19. The lowest BCUT2D eigenvalue weighted by Gasteiger charge is -2.10. The fourth-order valence-corrected chi connectivity index (χ4v) is 1.81. The first kappa shape index (κ1) is 16.6. The summed E-state index contributed by atoms with van der Waals surface area (Å²) in [6.07, 6.45) is 0.855. The summed E-state index contributed by atoms with van der Waals surface area (Å²) in [6, 6.07) is 6.64. The molecule has 2 unspecified atom stereocenters. The molecule has 1 rings (SSSR count). The van der Waals surface area contributed by atoms with Gasteiger partial charge in [-0.3, -0.25) is 9.00 Å². The normalized spacial score (nSPS) is 13.6. The molecule has 0 aliphatic carbocycles. The van der Waals surface area contributed by atoms with Crippen molar-refractivity contribution >= 4 is 22.4 Å². The average Bonchev–Trinajstić information content (AvgIpc) is 2.44. The van der Waals surface area contributed by atoms with E-state index in [0.29, 0.717) is 17.2 Å². The van der Waals surface area contributed by atoms with Crippen molar-refractivity contribution in [3.05, 3.63) is 24.3 Å². The van der Waals surface area contributed by atoms with Crippen LogP contribution in [0.3, 0.4) is 0 Å². The quantitative estimate of drug-likeness (QED) is 0.634. The molecule has 0 radical (unpaired) electrons. The molecule has 20 heavy (non-hydrogen) atoms. The number of hydrogen-bond donors (Lipinski definition) is 3. The molecule has 1 aromatic rings. The zero-order valence-electron chi connectivity index (χ0n) is 11.2. The Morgan fingerprint density at radius 2 is 2.05 bits per heavy atom. The Kier molecular flexibility index (Phi) is 7.21. The maximum absolute atomic E-state index is 11.5. The summed E-state index contributed by atoms with van der Waals surface area (Å²) < 4.78 is 16.1. The van der Waals surface area contributed by atoms with Gasteiger partial charge >= 0.3 is 0 Å². The predicted octanol–water partition coefficient (Wildman–Crippen LogP) is 0.126. The number of hydrogen-bond acceptors (Lipinski definition) is 5. The van der Waals surface area contributed by atoms with Crippen LogP contribution in [-0.4, -0.2) is 51.7 Å². The van der Waals surface area contributed by atoms with Gasteiger partial charge in [0.2, 0.25) is 5.91 Å². The van der Waals surface area contributed by atoms with E-state index >= 15 is 0 Å². The number of amides is 1. The number of benzene rings is 1. The second-order valence-electron chi connectivity index (χ2n) is 4.25. The third kappa shape index (κ3) is 6.65. The van der Waals surface area contributed by atoms with E-state index in [9.17, 15) is 9.00 Å². The lowest BCUT2D eigenvalue weighted by molar-refractivity contribution is -0.115. The van der Waals surface area contributed by atoms with E-state index in [-0.39, 0.29) is 25.5 Å². The number of aliphatic hydroxyl groups is 2. The van der Waals surface area contributed by atoms with Crippen LogP contribution in [0.5, 0.6) is 5.75 Å². The van der Waals surface area contributed by atoms with Crippen LogP contribution in [0.1, 0.15) is 6.42 Å². The van der Waals surface area contributed by atoms with Gasteiger partial charge in [-0.2, -0.15) is 0 Å². The number of ether oxygens (including phenoxy) is 1. The Morgan fingerprint density at radius 3 is 2.60 bits per heavy atom. The highest BCUT2D eigenvalue weighted by Gasteiger charge is 2.05. The van der Waals surface area contributed by atoms with E-state index in [1.807, 2.05) is 0 Å². The summed E-state index contributed by atoms with van der Waals surface area (Å²) >= 11 is 0. The number of rotatable bonds is 8. The van der Waals surface area contributed by atoms with Crippen LogP contribution in [0.15, 0.2) is 24.3 Å². The fraction of sp³-hybridized carbons (Fsp3) is 0.462. The molecule has 0 spiro atoms. The van der Waals surface area contributed by atoms with Crippen LogP contribution in [0.25, 0.3) is 0 Å². The van der Waals surface area contributed by atoms with Crippen LogP contribution < -0.4 is 10.1 Å². The van der Waals surface area contributed by atoms with E-state index in [4.69, 9.17) is 14.9 Å². The summed E-state index contributed by atoms with van der Waals surface area (Å²) in [5, 5.41) is 20.5. The van der Waals surface area contributed by atoms with Gasteiger partial charge in [0, 0.05) is 34.9 Å². The van der Waals surface area contributed by atoms with E-state index < -0.39 is 16.9 Å². The SMILES string of the molecule is CS(=O)CCC(=O)Nc1ccc(OCC(O)CO)cc1. The van der Waals surface area contributed by atoms with Gasteiger partial charge in [-0.25, -0.2) is 0 Å². The molecular formula is C13H19NO5S. The molecule has 0 aromatic heterocycles. The topological polar surface area (TPSA) is 95.9 Å². The Labute approximate surface area is 120 Å². The first-order chi connectivity index (χ1) is 9.51. The van der Waals surface area contributed by atoms with E-state index in [1.54, 1.807) is 30.5 Å². The first-order valence-corrected chi connectivity index (χ1v) is 7.85. The molecule has 1 amide bonds. The summed E-state index contributed by atoms with van der Waals surface area (Å²) in [4.78, 5) is 11.5. The van der Waals surface area contributed by atoms with Crippen molar-refractivity contribution in [2.24, 2.45) is 0 Å². The Morgan fingerprint density at radius 1 is 1.40 bits per heavy atom. The Bertz CT molecular complexity index is 449.